The molecule has 28 heavy (non-hydrogen) atoms. The fourth-order valence-electron chi connectivity index (χ4n) is 2.93. The summed E-state index contributed by atoms with van der Waals surface area (Å²) in [5, 5.41) is 5.40. The minimum absolute atomic E-state index is 0.106. The Kier molecular flexibility index (Phi) is 7.05. The van der Waals surface area contributed by atoms with E-state index in [1.807, 2.05) is 0 Å². The minimum atomic E-state index is -0.586. The summed E-state index contributed by atoms with van der Waals surface area (Å²) in [6.07, 6.45) is 6.13. The quantitative estimate of drug-likeness (QED) is 0.780. The van der Waals surface area contributed by atoms with Crippen LogP contribution in [-0.2, 0) is 9.53 Å². The number of carbonyl (C=O) groups excluding carboxylic acids is 3. The molecule has 2 rings (SSSR count). The Hall–Kier alpha value is -3.01. The smallest absolute Gasteiger partial charge is 0.410 e. The Morgan fingerprint density at radius 1 is 1.29 bits per heavy atom. The number of benzene rings is 1. The van der Waals surface area contributed by atoms with Crippen molar-refractivity contribution in [3.05, 3.63) is 29.8 Å². The van der Waals surface area contributed by atoms with Crippen molar-refractivity contribution in [2.24, 2.45) is 5.92 Å². The molecule has 1 aliphatic rings. The van der Waals surface area contributed by atoms with Crippen molar-refractivity contribution in [3.63, 3.8) is 0 Å². The van der Waals surface area contributed by atoms with Gasteiger partial charge in [-0.1, -0.05) is 18.1 Å². The number of hydrogen-bond acceptors (Lipinski definition) is 4. The molecule has 1 saturated heterocycles. The molecule has 1 unspecified atom stereocenters. The summed E-state index contributed by atoms with van der Waals surface area (Å²) in [7, 11) is 0. The average molecular weight is 385 g/mol. The zero-order valence-electron chi connectivity index (χ0n) is 16.6. The largest absolute Gasteiger partial charge is 0.444 e. The molecule has 0 spiro atoms. The van der Waals surface area contributed by atoms with Crippen LogP contribution in [0.3, 0.4) is 0 Å². The highest BCUT2D eigenvalue weighted by molar-refractivity contribution is 6.04. The first-order valence-corrected chi connectivity index (χ1v) is 9.30. The first kappa shape index (κ1) is 21.3. The van der Waals surface area contributed by atoms with E-state index in [-0.39, 0.29) is 30.8 Å². The molecule has 0 aliphatic carbocycles. The molecule has 1 heterocycles. The maximum atomic E-state index is 12.8. The Balaban J connectivity index is 2.04. The van der Waals surface area contributed by atoms with Crippen LogP contribution in [0.25, 0.3) is 0 Å². The number of anilines is 1. The third-order valence-corrected chi connectivity index (χ3v) is 4.22. The van der Waals surface area contributed by atoms with Gasteiger partial charge in [-0.15, -0.1) is 6.42 Å². The second kappa shape index (κ2) is 9.27. The van der Waals surface area contributed by atoms with Crippen LogP contribution >= 0.6 is 0 Å². The summed E-state index contributed by atoms with van der Waals surface area (Å²) in [4.78, 5) is 38.8. The highest BCUT2D eigenvalue weighted by atomic mass is 16.6. The maximum Gasteiger partial charge on any atom is 0.410 e. The Labute approximate surface area is 165 Å². The van der Waals surface area contributed by atoms with E-state index in [4.69, 9.17) is 11.2 Å². The number of terminal acetylenes is 1. The van der Waals surface area contributed by atoms with Gasteiger partial charge in [-0.25, -0.2) is 4.79 Å². The number of likely N-dealkylation sites (tertiary alicyclic amines) is 1. The van der Waals surface area contributed by atoms with E-state index in [0.29, 0.717) is 30.6 Å². The minimum Gasteiger partial charge on any atom is -0.444 e. The van der Waals surface area contributed by atoms with Gasteiger partial charge in [-0.2, -0.15) is 0 Å². The predicted octanol–water partition coefficient (Wildman–Crippen LogP) is 2.64. The van der Waals surface area contributed by atoms with Crippen LogP contribution in [0.4, 0.5) is 10.5 Å². The summed E-state index contributed by atoms with van der Waals surface area (Å²) in [5.41, 5.74) is 0.166. The highest BCUT2D eigenvalue weighted by Crippen LogP contribution is 2.22. The number of nitrogens with one attached hydrogen (secondary N) is 2. The molecule has 1 aliphatic heterocycles. The van der Waals surface area contributed by atoms with Gasteiger partial charge in [0, 0.05) is 13.1 Å². The molecule has 2 N–H and O–H groups in total. The maximum absolute atomic E-state index is 12.8. The number of ether oxygens (including phenoxy) is 1. The molecule has 1 aromatic carbocycles. The Bertz CT molecular complexity index is 777. The molecular weight excluding hydrogens is 358 g/mol. The van der Waals surface area contributed by atoms with Crippen molar-refractivity contribution in [2.45, 2.75) is 39.2 Å². The van der Waals surface area contributed by atoms with Crippen LogP contribution in [0.15, 0.2) is 24.3 Å². The van der Waals surface area contributed by atoms with Crippen molar-refractivity contribution in [1.82, 2.24) is 10.2 Å². The van der Waals surface area contributed by atoms with E-state index in [0.717, 1.165) is 0 Å². The van der Waals surface area contributed by atoms with Crippen molar-refractivity contribution < 1.29 is 19.1 Å². The fourth-order valence-corrected chi connectivity index (χ4v) is 2.93. The van der Waals surface area contributed by atoms with Crippen molar-refractivity contribution in [1.29, 1.82) is 0 Å². The lowest BCUT2D eigenvalue weighted by atomic mass is 9.97. The number of carbonyl (C=O) groups is 3. The number of piperidine rings is 1. The third kappa shape index (κ3) is 6.02. The molecule has 0 aromatic heterocycles. The van der Waals surface area contributed by atoms with Crippen LogP contribution < -0.4 is 10.6 Å². The zero-order chi connectivity index (χ0) is 20.7. The summed E-state index contributed by atoms with van der Waals surface area (Å²) >= 11 is 0. The number of nitrogens with zero attached hydrogens (tertiary/aromatic N) is 1. The predicted molar refractivity (Wildman–Crippen MR) is 107 cm³/mol. The fraction of sp³-hybridized carbons (Fsp3) is 0.476. The molecule has 0 saturated carbocycles. The number of rotatable bonds is 4. The van der Waals surface area contributed by atoms with E-state index in [2.05, 4.69) is 16.6 Å². The van der Waals surface area contributed by atoms with E-state index in [1.54, 1.807) is 49.9 Å². The van der Waals surface area contributed by atoms with Gasteiger partial charge in [-0.05, 0) is 45.7 Å². The van der Waals surface area contributed by atoms with Gasteiger partial charge in [-0.3, -0.25) is 9.59 Å². The molecule has 1 fully saturated rings. The topological polar surface area (TPSA) is 87.7 Å². The standard InChI is InChI=1S/C21H27N3O4/c1-5-12-22-19(26)16-10-6-7-11-17(16)23-18(25)15-9-8-13-24(14-15)20(27)28-21(2,3)4/h1,6-7,10-11,15H,8-9,12-14H2,2-4H3,(H,22,26)(H,23,25). The van der Waals surface area contributed by atoms with Gasteiger partial charge in [0.15, 0.2) is 0 Å². The third-order valence-electron chi connectivity index (χ3n) is 4.22. The molecule has 3 amide bonds. The first-order chi connectivity index (χ1) is 13.2. The normalized spacial score (nSPS) is 16.6. The molecule has 0 radical (unpaired) electrons. The molecular formula is C21H27N3O4. The molecule has 1 aromatic rings. The second-order valence-corrected chi connectivity index (χ2v) is 7.69. The van der Waals surface area contributed by atoms with E-state index in [1.165, 1.54) is 0 Å². The molecule has 1 atom stereocenters. The van der Waals surface area contributed by atoms with E-state index in [9.17, 15) is 14.4 Å². The van der Waals surface area contributed by atoms with E-state index >= 15 is 0 Å². The molecule has 7 heteroatoms. The van der Waals surface area contributed by atoms with Crippen molar-refractivity contribution >= 4 is 23.6 Å². The lowest BCUT2D eigenvalue weighted by Crippen LogP contribution is -2.45. The molecule has 7 nitrogen and oxygen atoms in total. The molecule has 150 valence electrons. The lowest BCUT2D eigenvalue weighted by Gasteiger charge is -2.33. The van der Waals surface area contributed by atoms with Crippen LogP contribution in [-0.4, -0.2) is 48.0 Å². The van der Waals surface area contributed by atoms with Gasteiger partial charge in [0.25, 0.3) is 5.91 Å². The summed E-state index contributed by atoms with van der Waals surface area (Å²) < 4.78 is 5.40. The highest BCUT2D eigenvalue weighted by Gasteiger charge is 2.31. The summed E-state index contributed by atoms with van der Waals surface area (Å²) in [5.74, 6) is 1.39. The number of para-hydroxylation sites is 1. The van der Waals surface area contributed by atoms with Crippen LogP contribution in [0.1, 0.15) is 44.0 Å². The summed E-state index contributed by atoms with van der Waals surface area (Å²) in [6, 6.07) is 6.74. The van der Waals surface area contributed by atoms with Gasteiger partial charge in [0.1, 0.15) is 5.60 Å². The first-order valence-electron chi connectivity index (χ1n) is 9.30. The second-order valence-electron chi connectivity index (χ2n) is 7.69. The van der Waals surface area contributed by atoms with Crippen LogP contribution in [0.2, 0.25) is 0 Å². The van der Waals surface area contributed by atoms with Gasteiger partial charge >= 0.3 is 6.09 Å². The summed E-state index contributed by atoms with van der Waals surface area (Å²) in [6.45, 7) is 6.37. The SMILES string of the molecule is C#CCNC(=O)c1ccccc1NC(=O)C1CCCN(C(=O)OC(C)(C)C)C1. The Morgan fingerprint density at radius 2 is 2.00 bits per heavy atom. The average Bonchev–Trinajstić information content (AvgIpc) is 2.65. The van der Waals surface area contributed by atoms with Gasteiger partial charge in [0.2, 0.25) is 5.91 Å². The van der Waals surface area contributed by atoms with E-state index < -0.39 is 11.7 Å². The lowest BCUT2D eigenvalue weighted by molar-refractivity contribution is -0.121. The van der Waals surface area contributed by atoms with Crippen molar-refractivity contribution in [2.75, 3.05) is 25.0 Å². The monoisotopic (exact) mass is 385 g/mol. The van der Waals surface area contributed by atoms with Gasteiger partial charge < -0.3 is 20.3 Å². The zero-order valence-corrected chi connectivity index (χ0v) is 16.6. The van der Waals surface area contributed by atoms with Gasteiger partial charge in [0.05, 0.1) is 23.7 Å². The number of hydrogen-bond donors (Lipinski definition) is 2. The number of amides is 3. The van der Waals surface area contributed by atoms with Crippen LogP contribution in [0.5, 0.6) is 0 Å². The van der Waals surface area contributed by atoms with Crippen molar-refractivity contribution in [3.8, 4) is 12.3 Å². The van der Waals surface area contributed by atoms with Crippen LogP contribution in [0, 0.1) is 18.3 Å². The Morgan fingerprint density at radius 3 is 2.68 bits per heavy atom. The molecule has 0 bridgehead atoms.